The van der Waals surface area contributed by atoms with Crippen molar-refractivity contribution in [3.8, 4) is 5.69 Å². The number of piperazine rings is 1. The molecule has 1 aromatic heterocycles. The average Bonchev–Trinajstić information content (AvgIpc) is 3.24. The van der Waals surface area contributed by atoms with Gasteiger partial charge in [-0.2, -0.15) is 9.40 Å². The maximum atomic E-state index is 12.9. The Bertz CT molecular complexity index is 1170. The van der Waals surface area contributed by atoms with Crippen LogP contribution in [0.2, 0.25) is 10.0 Å². The molecule has 2 aromatic carbocycles. The van der Waals surface area contributed by atoms with Gasteiger partial charge in [-0.05, 0) is 36.4 Å². The fourth-order valence-corrected chi connectivity index (χ4v) is 5.32. The second-order valence-electron chi connectivity index (χ2n) is 6.78. The van der Waals surface area contributed by atoms with Crippen molar-refractivity contribution in [1.82, 2.24) is 19.0 Å². The third-order valence-corrected chi connectivity index (χ3v) is 7.55. The molecule has 1 aliphatic heterocycles. The number of aromatic nitrogens is 2. The molecule has 3 aromatic rings. The van der Waals surface area contributed by atoms with Crippen molar-refractivity contribution in [3.63, 3.8) is 0 Å². The predicted octanol–water partition coefficient (Wildman–Crippen LogP) is 3.33. The Labute approximate surface area is 184 Å². The lowest BCUT2D eigenvalue weighted by Gasteiger charge is -2.34. The number of carbonyl (C=O) groups is 1. The van der Waals surface area contributed by atoms with Crippen LogP contribution in [-0.2, 0) is 10.0 Å². The molecule has 2 heterocycles. The van der Waals surface area contributed by atoms with Crippen LogP contribution in [0.1, 0.15) is 10.4 Å². The van der Waals surface area contributed by atoms with Gasteiger partial charge >= 0.3 is 0 Å². The molecule has 7 nitrogen and oxygen atoms in total. The van der Waals surface area contributed by atoms with Crippen molar-refractivity contribution >= 4 is 39.1 Å². The summed E-state index contributed by atoms with van der Waals surface area (Å²) in [5.74, 6) is -0.190. The van der Waals surface area contributed by atoms with Crippen molar-refractivity contribution in [1.29, 1.82) is 0 Å². The summed E-state index contributed by atoms with van der Waals surface area (Å²) in [7, 11) is -3.71. The number of hydrogen-bond acceptors (Lipinski definition) is 4. The Morgan fingerprint density at radius 2 is 1.60 bits per heavy atom. The van der Waals surface area contributed by atoms with E-state index in [0.29, 0.717) is 10.6 Å². The van der Waals surface area contributed by atoms with Crippen LogP contribution in [0.3, 0.4) is 0 Å². The molecular weight excluding hydrogens is 447 g/mol. The molecule has 0 unspecified atom stereocenters. The van der Waals surface area contributed by atoms with Gasteiger partial charge in [0.05, 0.1) is 22.5 Å². The Morgan fingerprint density at radius 3 is 2.27 bits per heavy atom. The van der Waals surface area contributed by atoms with Crippen LogP contribution < -0.4 is 0 Å². The summed E-state index contributed by atoms with van der Waals surface area (Å²) in [6.07, 6.45) is 3.15. The van der Waals surface area contributed by atoms with Crippen molar-refractivity contribution in [2.24, 2.45) is 0 Å². The first-order chi connectivity index (χ1) is 14.4. The highest BCUT2D eigenvalue weighted by Gasteiger charge is 2.31. The van der Waals surface area contributed by atoms with Gasteiger partial charge in [0.2, 0.25) is 10.0 Å². The first kappa shape index (κ1) is 20.9. The number of benzene rings is 2. The minimum atomic E-state index is -3.71. The first-order valence-corrected chi connectivity index (χ1v) is 11.4. The minimum Gasteiger partial charge on any atom is -0.336 e. The molecule has 0 radical (unpaired) electrons. The molecule has 1 fully saturated rings. The third kappa shape index (κ3) is 4.09. The van der Waals surface area contributed by atoms with Gasteiger partial charge in [0, 0.05) is 37.4 Å². The summed E-state index contributed by atoms with van der Waals surface area (Å²) < 4.78 is 28.7. The molecule has 10 heteroatoms. The molecule has 156 valence electrons. The van der Waals surface area contributed by atoms with Gasteiger partial charge in [-0.25, -0.2) is 13.1 Å². The molecule has 0 bridgehead atoms. The number of sulfonamides is 1. The quantitative estimate of drug-likeness (QED) is 0.593. The zero-order valence-corrected chi connectivity index (χ0v) is 18.1. The van der Waals surface area contributed by atoms with E-state index in [4.69, 9.17) is 23.2 Å². The SMILES string of the molecule is O=C(c1cnn(-c2ccc(Cl)cc2)c1)N1CCN(S(=O)(=O)c2ccccc2Cl)CC1. The highest BCUT2D eigenvalue weighted by atomic mass is 35.5. The summed E-state index contributed by atoms with van der Waals surface area (Å²) in [6.45, 7) is 0.971. The van der Waals surface area contributed by atoms with Crippen LogP contribution in [0.4, 0.5) is 0 Å². The van der Waals surface area contributed by atoms with Crippen LogP contribution in [-0.4, -0.2) is 59.5 Å². The van der Waals surface area contributed by atoms with Gasteiger partial charge in [-0.3, -0.25) is 4.79 Å². The lowest BCUT2D eigenvalue weighted by Crippen LogP contribution is -2.50. The molecule has 0 spiro atoms. The number of halogens is 2. The van der Waals surface area contributed by atoms with Gasteiger partial charge in [0.25, 0.3) is 5.91 Å². The Kier molecular flexibility index (Phi) is 5.84. The first-order valence-electron chi connectivity index (χ1n) is 9.21. The lowest BCUT2D eigenvalue weighted by atomic mass is 10.2. The number of carbonyl (C=O) groups excluding carboxylic acids is 1. The van der Waals surface area contributed by atoms with E-state index >= 15 is 0 Å². The van der Waals surface area contributed by atoms with Gasteiger partial charge in [0.1, 0.15) is 4.90 Å². The molecule has 4 rings (SSSR count). The number of nitrogens with zero attached hydrogens (tertiary/aromatic N) is 4. The normalized spacial score (nSPS) is 15.3. The van der Waals surface area contributed by atoms with Crippen LogP contribution in [0.5, 0.6) is 0 Å². The van der Waals surface area contributed by atoms with Gasteiger partial charge < -0.3 is 4.90 Å². The maximum Gasteiger partial charge on any atom is 0.257 e. The zero-order valence-electron chi connectivity index (χ0n) is 15.8. The standard InChI is InChI=1S/C20H18Cl2N4O3S/c21-16-5-7-17(8-6-16)26-14-15(13-23-26)20(27)24-9-11-25(12-10-24)30(28,29)19-4-2-1-3-18(19)22/h1-8,13-14H,9-12H2. The van der Waals surface area contributed by atoms with E-state index in [1.54, 1.807) is 46.1 Å². The Morgan fingerprint density at radius 1 is 0.933 bits per heavy atom. The van der Waals surface area contributed by atoms with E-state index in [2.05, 4.69) is 5.10 Å². The second kappa shape index (κ2) is 8.39. The smallest absolute Gasteiger partial charge is 0.257 e. The van der Waals surface area contributed by atoms with Crippen LogP contribution >= 0.6 is 23.2 Å². The predicted molar refractivity (Wildman–Crippen MR) is 115 cm³/mol. The highest BCUT2D eigenvalue weighted by molar-refractivity contribution is 7.89. The Balaban J connectivity index is 1.44. The fraction of sp³-hybridized carbons (Fsp3) is 0.200. The monoisotopic (exact) mass is 464 g/mol. The van der Waals surface area contributed by atoms with Crippen molar-refractivity contribution < 1.29 is 13.2 Å². The van der Waals surface area contributed by atoms with Gasteiger partial charge in [-0.1, -0.05) is 35.3 Å². The molecule has 0 saturated carbocycles. The summed E-state index contributed by atoms with van der Waals surface area (Å²) >= 11 is 12.0. The van der Waals surface area contributed by atoms with E-state index in [-0.39, 0.29) is 42.0 Å². The summed E-state index contributed by atoms with van der Waals surface area (Å²) in [6, 6.07) is 13.5. The number of hydrogen-bond donors (Lipinski definition) is 0. The maximum absolute atomic E-state index is 12.9. The zero-order chi connectivity index (χ0) is 21.3. The highest BCUT2D eigenvalue weighted by Crippen LogP contribution is 2.25. The fourth-order valence-electron chi connectivity index (χ4n) is 3.28. The largest absolute Gasteiger partial charge is 0.336 e. The van der Waals surface area contributed by atoms with E-state index in [1.165, 1.54) is 16.6 Å². The second-order valence-corrected chi connectivity index (χ2v) is 9.53. The van der Waals surface area contributed by atoms with Crippen LogP contribution in [0.15, 0.2) is 65.8 Å². The molecule has 30 heavy (non-hydrogen) atoms. The topological polar surface area (TPSA) is 75.5 Å². The third-order valence-electron chi connectivity index (χ3n) is 4.90. The van der Waals surface area contributed by atoms with E-state index in [0.717, 1.165) is 5.69 Å². The summed E-state index contributed by atoms with van der Waals surface area (Å²) in [5, 5.41) is 5.04. The molecule has 1 aliphatic rings. The van der Waals surface area contributed by atoms with E-state index in [1.807, 2.05) is 12.1 Å². The molecular formula is C20H18Cl2N4O3S. The molecule has 1 saturated heterocycles. The van der Waals surface area contributed by atoms with Crippen LogP contribution in [0.25, 0.3) is 5.69 Å². The van der Waals surface area contributed by atoms with E-state index in [9.17, 15) is 13.2 Å². The van der Waals surface area contributed by atoms with Gasteiger partial charge in [-0.15, -0.1) is 0 Å². The van der Waals surface area contributed by atoms with Crippen molar-refractivity contribution in [3.05, 3.63) is 76.5 Å². The summed E-state index contributed by atoms with van der Waals surface area (Å²) in [5.41, 5.74) is 1.22. The van der Waals surface area contributed by atoms with Gasteiger partial charge in [0.15, 0.2) is 0 Å². The van der Waals surface area contributed by atoms with Crippen molar-refractivity contribution in [2.45, 2.75) is 4.90 Å². The van der Waals surface area contributed by atoms with E-state index < -0.39 is 10.0 Å². The molecule has 0 aliphatic carbocycles. The van der Waals surface area contributed by atoms with Crippen LogP contribution in [0, 0.1) is 0 Å². The average molecular weight is 465 g/mol. The summed E-state index contributed by atoms with van der Waals surface area (Å²) in [4.78, 5) is 14.5. The minimum absolute atomic E-state index is 0.0793. The number of rotatable bonds is 4. The van der Waals surface area contributed by atoms with Crippen molar-refractivity contribution in [2.75, 3.05) is 26.2 Å². The molecule has 1 amide bonds. The molecule has 0 N–H and O–H groups in total. The Hall–Kier alpha value is -2.39. The number of amides is 1. The lowest BCUT2D eigenvalue weighted by molar-refractivity contribution is 0.0698. The molecule has 0 atom stereocenters.